The Balaban J connectivity index is 2.07. The lowest BCUT2D eigenvalue weighted by Gasteiger charge is -2.10. The summed E-state index contributed by atoms with van der Waals surface area (Å²) in [7, 11) is 1.87. The van der Waals surface area contributed by atoms with Gasteiger partial charge in [-0.1, -0.05) is 6.07 Å². The number of tetrazole rings is 1. The van der Waals surface area contributed by atoms with Crippen LogP contribution in [0.1, 0.15) is 18.4 Å². The molecule has 0 fully saturated rings. The van der Waals surface area contributed by atoms with E-state index in [0.717, 1.165) is 29.9 Å². The summed E-state index contributed by atoms with van der Waals surface area (Å²) in [6.45, 7) is 2.78. The fourth-order valence-corrected chi connectivity index (χ4v) is 1.81. The van der Waals surface area contributed by atoms with Crippen LogP contribution in [-0.2, 0) is 4.79 Å². The van der Waals surface area contributed by atoms with Crippen molar-refractivity contribution in [1.29, 1.82) is 0 Å². The number of hydrogen-bond donors (Lipinski definition) is 2. The number of rotatable bonds is 6. The lowest BCUT2D eigenvalue weighted by atomic mass is 10.1. The minimum Gasteiger partial charge on any atom is -0.326 e. The minimum atomic E-state index is 0.0113. The van der Waals surface area contributed by atoms with Crippen molar-refractivity contribution in [2.24, 2.45) is 0 Å². The third-order valence-corrected chi connectivity index (χ3v) is 2.94. The predicted octanol–water partition coefficient (Wildman–Crippen LogP) is 0.909. The van der Waals surface area contributed by atoms with Gasteiger partial charge in [-0.2, -0.15) is 0 Å². The number of nitrogens with zero attached hydrogens (tertiary/aromatic N) is 4. The molecular formula is C13H18N6O. The lowest BCUT2D eigenvalue weighted by molar-refractivity contribution is -0.116. The van der Waals surface area contributed by atoms with Crippen LogP contribution in [0, 0.1) is 6.92 Å². The molecule has 0 unspecified atom stereocenters. The van der Waals surface area contributed by atoms with Gasteiger partial charge in [0.1, 0.15) is 6.33 Å². The molecule has 0 aliphatic rings. The molecular weight excluding hydrogens is 256 g/mol. The monoisotopic (exact) mass is 274 g/mol. The van der Waals surface area contributed by atoms with Crippen LogP contribution in [0.25, 0.3) is 5.69 Å². The molecule has 2 aromatic rings. The van der Waals surface area contributed by atoms with Gasteiger partial charge in [-0.25, -0.2) is 4.68 Å². The molecule has 0 saturated heterocycles. The molecule has 7 nitrogen and oxygen atoms in total. The molecule has 1 aromatic heterocycles. The number of carbonyl (C=O) groups excluding carboxylic acids is 1. The zero-order valence-electron chi connectivity index (χ0n) is 11.6. The van der Waals surface area contributed by atoms with Gasteiger partial charge in [0.2, 0.25) is 5.91 Å². The van der Waals surface area contributed by atoms with Crippen molar-refractivity contribution < 1.29 is 4.79 Å². The Kier molecular flexibility index (Phi) is 4.78. The normalized spacial score (nSPS) is 10.5. The highest BCUT2D eigenvalue weighted by atomic mass is 16.1. The van der Waals surface area contributed by atoms with E-state index in [4.69, 9.17) is 0 Å². The Labute approximate surface area is 117 Å². The van der Waals surface area contributed by atoms with Crippen molar-refractivity contribution in [1.82, 2.24) is 25.5 Å². The Morgan fingerprint density at radius 1 is 1.40 bits per heavy atom. The summed E-state index contributed by atoms with van der Waals surface area (Å²) in [5, 5.41) is 17.0. The molecule has 0 aliphatic carbocycles. The molecule has 7 heteroatoms. The molecule has 1 aromatic carbocycles. The summed E-state index contributed by atoms with van der Waals surface area (Å²) in [6.07, 6.45) is 2.83. The van der Waals surface area contributed by atoms with E-state index in [1.807, 2.05) is 32.2 Å². The van der Waals surface area contributed by atoms with Crippen LogP contribution in [-0.4, -0.2) is 39.7 Å². The number of anilines is 1. The van der Waals surface area contributed by atoms with Gasteiger partial charge in [0.25, 0.3) is 0 Å². The zero-order valence-corrected chi connectivity index (χ0v) is 11.6. The van der Waals surface area contributed by atoms with Crippen molar-refractivity contribution in [3.05, 3.63) is 30.1 Å². The first kappa shape index (κ1) is 14.1. The average Bonchev–Trinajstić information content (AvgIpc) is 2.95. The summed E-state index contributed by atoms with van der Waals surface area (Å²) in [6, 6.07) is 5.70. The molecule has 0 aliphatic heterocycles. The van der Waals surface area contributed by atoms with Crippen LogP contribution in [0.15, 0.2) is 24.5 Å². The number of aryl methyl sites for hydroxylation is 1. The van der Waals surface area contributed by atoms with E-state index < -0.39 is 0 Å². The summed E-state index contributed by atoms with van der Waals surface area (Å²) in [4.78, 5) is 11.9. The molecule has 0 atom stereocenters. The van der Waals surface area contributed by atoms with Crippen LogP contribution in [0.5, 0.6) is 0 Å². The van der Waals surface area contributed by atoms with Gasteiger partial charge in [0, 0.05) is 12.1 Å². The fourth-order valence-electron chi connectivity index (χ4n) is 1.81. The van der Waals surface area contributed by atoms with E-state index in [1.165, 1.54) is 6.33 Å². The number of carbonyl (C=O) groups is 1. The molecule has 0 radical (unpaired) electrons. The second-order valence-electron chi connectivity index (χ2n) is 4.51. The van der Waals surface area contributed by atoms with Crippen LogP contribution >= 0.6 is 0 Å². The maximum atomic E-state index is 11.9. The number of benzene rings is 1. The molecule has 1 heterocycles. The molecule has 2 N–H and O–H groups in total. The Morgan fingerprint density at radius 2 is 2.25 bits per heavy atom. The summed E-state index contributed by atoms with van der Waals surface area (Å²) < 4.78 is 1.55. The number of nitrogens with one attached hydrogen (secondary N) is 2. The smallest absolute Gasteiger partial charge is 0.224 e. The van der Waals surface area contributed by atoms with Gasteiger partial charge >= 0.3 is 0 Å². The first-order chi connectivity index (χ1) is 9.70. The maximum absolute atomic E-state index is 11.9. The third-order valence-electron chi connectivity index (χ3n) is 2.94. The fraction of sp³-hybridized carbons (Fsp3) is 0.385. The molecule has 1 amide bonds. The molecule has 20 heavy (non-hydrogen) atoms. The third kappa shape index (κ3) is 3.61. The van der Waals surface area contributed by atoms with E-state index in [1.54, 1.807) is 4.68 Å². The number of hydrogen-bond acceptors (Lipinski definition) is 5. The highest BCUT2D eigenvalue weighted by molar-refractivity contribution is 5.91. The molecule has 0 saturated carbocycles. The molecule has 106 valence electrons. The van der Waals surface area contributed by atoms with Gasteiger partial charge in [-0.15, -0.1) is 5.10 Å². The van der Waals surface area contributed by atoms with Crippen LogP contribution in [0.3, 0.4) is 0 Å². The number of aromatic nitrogens is 4. The van der Waals surface area contributed by atoms with Gasteiger partial charge in [-0.05, 0) is 55.1 Å². The SMILES string of the molecule is CNCCCC(=O)Nc1cc(-n2cnnn2)ccc1C. The first-order valence-electron chi connectivity index (χ1n) is 6.49. The number of amides is 1. The van der Waals surface area contributed by atoms with Gasteiger partial charge < -0.3 is 10.6 Å². The quantitative estimate of drug-likeness (QED) is 0.765. The summed E-state index contributed by atoms with van der Waals surface area (Å²) in [5.74, 6) is 0.0113. The van der Waals surface area contributed by atoms with Gasteiger partial charge in [0.15, 0.2) is 0 Å². The zero-order chi connectivity index (χ0) is 14.4. The molecule has 0 bridgehead atoms. The Hall–Kier alpha value is -2.28. The summed E-state index contributed by atoms with van der Waals surface area (Å²) >= 11 is 0. The topological polar surface area (TPSA) is 84.7 Å². The molecule has 0 spiro atoms. The largest absolute Gasteiger partial charge is 0.326 e. The van der Waals surface area contributed by atoms with E-state index in [-0.39, 0.29) is 5.91 Å². The van der Waals surface area contributed by atoms with E-state index in [2.05, 4.69) is 26.2 Å². The first-order valence-corrected chi connectivity index (χ1v) is 6.49. The van der Waals surface area contributed by atoms with Gasteiger partial charge in [0.05, 0.1) is 5.69 Å². The van der Waals surface area contributed by atoms with Crippen molar-refractivity contribution in [3.63, 3.8) is 0 Å². The van der Waals surface area contributed by atoms with Crippen LogP contribution in [0.4, 0.5) is 5.69 Å². The highest BCUT2D eigenvalue weighted by Gasteiger charge is 2.07. The second kappa shape index (κ2) is 6.76. The summed E-state index contributed by atoms with van der Waals surface area (Å²) in [5.41, 5.74) is 2.60. The highest BCUT2D eigenvalue weighted by Crippen LogP contribution is 2.19. The van der Waals surface area contributed by atoms with Crippen molar-refractivity contribution in [2.75, 3.05) is 18.9 Å². The van der Waals surface area contributed by atoms with Crippen LogP contribution in [0.2, 0.25) is 0 Å². The van der Waals surface area contributed by atoms with Crippen LogP contribution < -0.4 is 10.6 Å². The standard InChI is InChI=1S/C13H18N6O/c1-10-5-6-11(19-9-15-17-18-19)8-12(10)16-13(20)4-3-7-14-2/h5-6,8-9,14H,3-4,7H2,1-2H3,(H,16,20). The lowest BCUT2D eigenvalue weighted by Crippen LogP contribution is -2.16. The van der Waals surface area contributed by atoms with E-state index in [9.17, 15) is 4.79 Å². The van der Waals surface area contributed by atoms with Gasteiger partial charge in [-0.3, -0.25) is 4.79 Å². The Morgan fingerprint density at radius 3 is 2.95 bits per heavy atom. The van der Waals surface area contributed by atoms with Crippen molar-refractivity contribution in [3.8, 4) is 5.69 Å². The van der Waals surface area contributed by atoms with Crippen molar-refractivity contribution >= 4 is 11.6 Å². The Bertz CT molecular complexity index is 566. The predicted molar refractivity (Wildman–Crippen MR) is 75.7 cm³/mol. The van der Waals surface area contributed by atoms with Crippen molar-refractivity contribution in [2.45, 2.75) is 19.8 Å². The average molecular weight is 274 g/mol. The second-order valence-corrected chi connectivity index (χ2v) is 4.51. The maximum Gasteiger partial charge on any atom is 0.224 e. The van der Waals surface area contributed by atoms with E-state index >= 15 is 0 Å². The molecule has 2 rings (SSSR count). The minimum absolute atomic E-state index is 0.0113. The van der Waals surface area contributed by atoms with E-state index in [0.29, 0.717) is 6.42 Å².